The van der Waals surface area contributed by atoms with E-state index >= 15 is 0 Å². The molecule has 3 rings (SSSR count). The summed E-state index contributed by atoms with van der Waals surface area (Å²) in [7, 11) is -3.48. The van der Waals surface area contributed by atoms with Gasteiger partial charge in [-0.15, -0.1) is 0 Å². The zero-order chi connectivity index (χ0) is 17.2. The maximum absolute atomic E-state index is 12.9. The van der Waals surface area contributed by atoms with Gasteiger partial charge in [-0.3, -0.25) is 14.1 Å². The highest BCUT2D eigenvalue weighted by atomic mass is 32.2. The predicted octanol–water partition coefficient (Wildman–Crippen LogP) is 2.88. The van der Waals surface area contributed by atoms with E-state index in [0.29, 0.717) is 17.5 Å². The van der Waals surface area contributed by atoms with Crippen LogP contribution >= 0.6 is 0 Å². The molecule has 0 fully saturated rings. The van der Waals surface area contributed by atoms with Gasteiger partial charge in [0.05, 0.1) is 28.0 Å². The maximum atomic E-state index is 12.9. The van der Waals surface area contributed by atoms with E-state index in [-0.39, 0.29) is 22.9 Å². The summed E-state index contributed by atoms with van der Waals surface area (Å²) in [5.41, 5.74) is 1.93. The second-order valence-corrected chi connectivity index (χ2v) is 7.22. The minimum atomic E-state index is -3.48. The van der Waals surface area contributed by atoms with Crippen LogP contribution in [-0.4, -0.2) is 29.6 Å². The summed E-state index contributed by atoms with van der Waals surface area (Å²) >= 11 is 0. The van der Waals surface area contributed by atoms with Crippen molar-refractivity contribution in [1.82, 2.24) is 9.55 Å². The molecule has 0 radical (unpaired) electrons. The van der Waals surface area contributed by atoms with E-state index in [2.05, 4.69) is 9.71 Å². The molecule has 24 heavy (non-hydrogen) atoms. The molecular formula is C17H17N3O3S. The standard InChI is InChI=1S/C17H17N3O3S/c1-2-11-24(22,23)19-14-8-4-3-7-13(14)17(21)20-12-18-15-9-5-6-10-16(15)20/h3-10,12,19H,2,11H2,1H3. The molecule has 0 unspecified atom stereocenters. The van der Waals surface area contributed by atoms with Gasteiger partial charge in [-0.25, -0.2) is 13.4 Å². The van der Waals surface area contributed by atoms with Gasteiger partial charge in [0, 0.05) is 0 Å². The first-order valence-corrected chi connectivity index (χ1v) is 9.23. The van der Waals surface area contributed by atoms with Gasteiger partial charge >= 0.3 is 0 Å². The van der Waals surface area contributed by atoms with Crippen LogP contribution in [0.25, 0.3) is 11.0 Å². The number of sulfonamides is 1. The Hall–Kier alpha value is -2.67. The smallest absolute Gasteiger partial charge is 0.265 e. The SMILES string of the molecule is CCCS(=O)(=O)Nc1ccccc1C(=O)n1cnc2ccccc21. The molecule has 0 amide bonds. The minimum absolute atomic E-state index is 0.00350. The molecule has 0 aliphatic heterocycles. The first-order valence-electron chi connectivity index (χ1n) is 7.58. The maximum Gasteiger partial charge on any atom is 0.265 e. The lowest BCUT2D eigenvalue weighted by atomic mass is 10.1. The molecule has 6 nitrogen and oxygen atoms in total. The first kappa shape index (κ1) is 16.2. The average molecular weight is 343 g/mol. The number of carbonyl (C=O) groups excluding carboxylic acids is 1. The highest BCUT2D eigenvalue weighted by molar-refractivity contribution is 7.92. The van der Waals surface area contributed by atoms with Crippen LogP contribution in [0, 0.1) is 0 Å². The van der Waals surface area contributed by atoms with E-state index in [1.807, 2.05) is 18.2 Å². The van der Waals surface area contributed by atoms with E-state index in [0.717, 1.165) is 0 Å². The zero-order valence-corrected chi connectivity index (χ0v) is 14.0. The van der Waals surface area contributed by atoms with Gasteiger partial charge in [-0.05, 0) is 30.7 Å². The van der Waals surface area contributed by atoms with E-state index in [9.17, 15) is 13.2 Å². The van der Waals surface area contributed by atoms with Gasteiger partial charge in [0.2, 0.25) is 10.0 Å². The molecule has 7 heteroatoms. The number of aromatic nitrogens is 2. The normalized spacial score (nSPS) is 11.5. The largest absolute Gasteiger partial charge is 0.283 e. The Bertz CT molecular complexity index is 993. The highest BCUT2D eigenvalue weighted by Crippen LogP contribution is 2.21. The van der Waals surface area contributed by atoms with Crippen molar-refractivity contribution in [3.63, 3.8) is 0 Å². The van der Waals surface area contributed by atoms with Crippen LogP contribution < -0.4 is 4.72 Å². The molecule has 0 saturated heterocycles. The number of nitrogens with zero attached hydrogens (tertiary/aromatic N) is 2. The third-order valence-corrected chi connectivity index (χ3v) is 5.04. The van der Waals surface area contributed by atoms with E-state index in [1.165, 1.54) is 10.9 Å². The molecule has 0 bridgehead atoms. The number of carbonyl (C=O) groups is 1. The van der Waals surface area contributed by atoms with Crippen molar-refractivity contribution in [2.24, 2.45) is 0 Å². The fourth-order valence-electron chi connectivity index (χ4n) is 2.50. The number of imidazole rings is 1. The number of anilines is 1. The van der Waals surface area contributed by atoms with Gasteiger partial charge < -0.3 is 0 Å². The second kappa shape index (κ2) is 6.45. The number of rotatable bonds is 5. The summed E-state index contributed by atoms with van der Waals surface area (Å²) in [6.07, 6.45) is 1.95. The minimum Gasteiger partial charge on any atom is -0.283 e. The van der Waals surface area contributed by atoms with E-state index < -0.39 is 10.0 Å². The molecule has 1 aromatic heterocycles. The number of hydrogen-bond donors (Lipinski definition) is 1. The summed E-state index contributed by atoms with van der Waals surface area (Å²) in [6.45, 7) is 1.79. The third-order valence-electron chi connectivity index (χ3n) is 3.57. The Balaban J connectivity index is 2.02. The van der Waals surface area contributed by atoms with Gasteiger partial charge in [0.25, 0.3) is 5.91 Å². The average Bonchev–Trinajstić information content (AvgIpc) is 2.98. The van der Waals surface area contributed by atoms with Crippen LogP contribution in [0.3, 0.4) is 0 Å². The molecule has 1 N–H and O–H groups in total. The Morgan fingerprint density at radius 1 is 1.12 bits per heavy atom. The van der Waals surface area contributed by atoms with Crippen molar-refractivity contribution < 1.29 is 13.2 Å². The lowest BCUT2D eigenvalue weighted by Crippen LogP contribution is -2.20. The van der Waals surface area contributed by atoms with E-state index in [4.69, 9.17) is 0 Å². The topological polar surface area (TPSA) is 81.1 Å². The van der Waals surface area contributed by atoms with Crippen LogP contribution in [0.15, 0.2) is 54.9 Å². The fraction of sp³-hybridized carbons (Fsp3) is 0.176. The van der Waals surface area contributed by atoms with Crippen molar-refractivity contribution in [3.05, 3.63) is 60.4 Å². The number of fused-ring (bicyclic) bond motifs is 1. The highest BCUT2D eigenvalue weighted by Gasteiger charge is 2.18. The Morgan fingerprint density at radius 3 is 2.62 bits per heavy atom. The Kier molecular flexibility index (Phi) is 4.35. The van der Waals surface area contributed by atoms with Gasteiger partial charge in [-0.1, -0.05) is 31.2 Å². The molecule has 2 aromatic carbocycles. The van der Waals surface area contributed by atoms with Crippen molar-refractivity contribution in [2.45, 2.75) is 13.3 Å². The monoisotopic (exact) mass is 343 g/mol. The Labute approximate surface area is 140 Å². The fourth-order valence-corrected chi connectivity index (χ4v) is 3.65. The number of benzene rings is 2. The first-order chi connectivity index (χ1) is 11.5. The quantitative estimate of drug-likeness (QED) is 0.772. The van der Waals surface area contributed by atoms with Crippen LogP contribution in [0.1, 0.15) is 23.7 Å². The van der Waals surface area contributed by atoms with Crippen LogP contribution in [-0.2, 0) is 10.0 Å². The summed E-state index contributed by atoms with van der Waals surface area (Å²) in [6, 6.07) is 13.8. The van der Waals surface area contributed by atoms with E-state index in [1.54, 1.807) is 37.3 Å². The molecular weight excluding hydrogens is 326 g/mol. The molecule has 0 aliphatic rings. The molecule has 0 atom stereocenters. The lowest BCUT2D eigenvalue weighted by molar-refractivity contribution is 0.0965. The molecule has 0 spiro atoms. The molecule has 124 valence electrons. The summed E-state index contributed by atoms with van der Waals surface area (Å²) < 4.78 is 28.0. The van der Waals surface area contributed by atoms with Crippen molar-refractivity contribution in [2.75, 3.05) is 10.5 Å². The van der Waals surface area contributed by atoms with Crippen molar-refractivity contribution >= 4 is 32.7 Å². The number of para-hydroxylation sites is 3. The molecule has 3 aromatic rings. The molecule has 0 aliphatic carbocycles. The number of hydrogen-bond acceptors (Lipinski definition) is 4. The molecule has 1 heterocycles. The second-order valence-electron chi connectivity index (χ2n) is 5.37. The van der Waals surface area contributed by atoms with Crippen LogP contribution in [0.5, 0.6) is 0 Å². The molecule has 0 saturated carbocycles. The lowest BCUT2D eigenvalue weighted by Gasteiger charge is -2.12. The van der Waals surface area contributed by atoms with Crippen LogP contribution in [0.2, 0.25) is 0 Å². The van der Waals surface area contributed by atoms with Crippen molar-refractivity contribution in [3.8, 4) is 0 Å². The summed E-state index contributed by atoms with van der Waals surface area (Å²) in [4.78, 5) is 17.1. The zero-order valence-electron chi connectivity index (χ0n) is 13.1. The summed E-state index contributed by atoms with van der Waals surface area (Å²) in [5, 5.41) is 0. The van der Waals surface area contributed by atoms with Gasteiger partial charge in [-0.2, -0.15) is 0 Å². The Morgan fingerprint density at radius 2 is 1.83 bits per heavy atom. The number of nitrogens with one attached hydrogen (secondary N) is 1. The van der Waals surface area contributed by atoms with Gasteiger partial charge in [0.1, 0.15) is 6.33 Å². The third kappa shape index (κ3) is 3.16. The van der Waals surface area contributed by atoms with Crippen LogP contribution in [0.4, 0.5) is 5.69 Å². The summed E-state index contributed by atoms with van der Waals surface area (Å²) in [5.74, 6) is -0.331. The predicted molar refractivity (Wildman–Crippen MR) is 93.6 cm³/mol. The van der Waals surface area contributed by atoms with Gasteiger partial charge in [0.15, 0.2) is 0 Å². The van der Waals surface area contributed by atoms with Crippen molar-refractivity contribution in [1.29, 1.82) is 0 Å².